The molecule has 0 spiro atoms. The summed E-state index contributed by atoms with van der Waals surface area (Å²) in [5, 5.41) is 8.44. The van der Waals surface area contributed by atoms with Crippen LogP contribution >= 0.6 is 12.4 Å². The fourth-order valence-electron chi connectivity index (χ4n) is 3.01. The van der Waals surface area contributed by atoms with E-state index in [1.54, 1.807) is 6.20 Å². The first kappa shape index (κ1) is 20.8. The third kappa shape index (κ3) is 6.32. The number of urea groups is 1. The second kappa shape index (κ2) is 10.6. The number of hydrogen-bond donors (Lipinski definition) is 3. The van der Waals surface area contributed by atoms with Gasteiger partial charge in [-0.25, -0.2) is 4.79 Å². The van der Waals surface area contributed by atoms with Gasteiger partial charge in [-0.2, -0.15) is 0 Å². The van der Waals surface area contributed by atoms with Gasteiger partial charge in [0.15, 0.2) is 0 Å². The highest BCUT2D eigenvalue weighted by atomic mass is 35.5. The van der Waals surface area contributed by atoms with E-state index in [2.05, 4.69) is 25.8 Å². The number of rotatable bonds is 5. The van der Waals surface area contributed by atoms with Crippen molar-refractivity contribution in [1.82, 2.24) is 25.8 Å². The molecule has 1 aromatic heterocycles. The summed E-state index contributed by atoms with van der Waals surface area (Å²) in [6.45, 7) is 2.84. The van der Waals surface area contributed by atoms with Crippen LogP contribution in [0.4, 0.5) is 4.79 Å². The van der Waals surface area contributed by atoms with Crippen molar-refractivity contribution in [3.63, 3.8) is 0 Å². The number of amides is 3. The maximum Gasteiger partial charge on any atom is 0.321 e. The van der Waals surface area contributed by atoms with Gasteiger partial charge in [0.2, 0.25) is 5.91 Å². The minimum Gasteiger partial charge on any atom is -0.334 e. The summed E-state index contributed by atoms with van der Waals surface area (Å²) in [5.41, 5.74) is 2.04. The molecule has 3 amide bonds. The molecule has 27 heavy (non-hydrogen) atoms. The molecule has 1 saturated heterocycles. The minimum atomic E-state index is -0.480. The predicted molar refractivity (Wildman–Crippen MR) is 105 cm³/mol. The maximum absolute atomic E-state index is 12.3. The lowest BCUT2D eigenvalue weighted by Gasteiger charge is -2.35. The van der Waals surface area contributed by atoms with Crippen LogP contribution in [0.1, 0.15) is 17.2 Å². The zero-order valence-electron chi connectivity index (χ0n) is 14.9. The lowest BCUT2D eigenvalue weighted by Crippen LogP contribution is -2.51. The van der Waals surface area contributed by atoms with Gasteiger partial charge < -0.3 is 10.6 Å². The molecule has 1 aromatic carbocycles. The van der Waals surface area contributed by atoms with Crippen molar-refractivity contribution in [3.05, 3.63) is 66.0 Å². The summed E-state index contributed by atoms with van der Waals surface area (Å²) < 4.78 is 0. The Labute approximate surface area is 165 Å². The Bertz CT molecular complexity index is 729. The van der Waals surface area contributed by atoms with Crippen molar-refractivity contribution in [2.24, 2.45) is 0 Å². The summed E-state index contributed by atoms with van der Waals surface area (Å²) in [6.07, 6.45) is 3.54. The van der Waals surface area contributed by atoms with Gasteiger partial charge in [0, 0.05) is 44.6 Å². The summed E-state index contributed by atoms with van der Waals surface area (Å²) >= 11 is 0. The van der Waals surface area contributed by atoms with E-state index in [4.69, 9.17) is 0 Å². The molecule has 3 rings (SSSR count). The molecule has 0 aliphatic carbocycles. The number of nitrogens with one attached hydrogen (secondary N) is 3. The highest BCUT2D eigenvalue weighted by molar-refractivity contribution is 5.95. The Balaban J connectivity index is 0.00000261. The lowest BCUT2D eigenvalue weighted by atomic mass is 10.1. The molecular formula is C19H24ClN5O2. The van der Waals surface area contributed by atoms with Crippen LogP contribution in [0.2, 0.25) is 0 Å². The van der Waals surface area contributed by atoms with Crippen molar-refractivity contribution in [3.8, 4) is 0 Å². The Kier molecular flexibility index (Phi) is 8.19. The first-order valence-corrected chi connectivity index (χ1v) is 8.68. The van der Waals surface area contributed by atoms with Crippen LogP contribution in [0.3, 0.4) is 0 Å². The summed E-state index contributed by atoms with van der Waals surface area (Å²) in [6, 6.07) is 13.0. The second-order valence-corrected chi connectivity index (χ2v) is 6.19. The molecular weight excluding hydrogens is 366 g/mol. The topological polar surface area (TPSA) is 86.4 Å². The smallest absolute Gasteiger partial charge is 0.321 e. The number of aromatic nitrogens is 1. The second-order valence-electron chi connectivity index (χ2n) is 6.19. The Morgan fingerprint density at radius 3 is 2.74 bits per heavy atom. The summed E-state index contributed by atoms with van der Waals surface area (Å²) in [4.78, 5) is 30.4. The number of piperazine rings is 1. The average Bonchev–Trinajstić information content (AvgIpc) is 2.68. The lowest BCUT2D eigenvalue weighted by molar-refractivity contribution is -0.122. The monoisotopic (exact) mass is 389 g/mol. The van der Waals surface area contributed by atoms with Crippen molar-refractivity contribution in [2.75, 3.05) is 26.2 Å². The molecule has 2 heterocycles. The number of benzene rings is 1. The third-order valence-electron chi connectivity index (χ3n) is 4.32. The third-order valence-corrected chi connectivity index (χ3v) is 4.32. The highest BCUT2D eigenvalue weighted by Gasteiger charge is 2.26. The summed E-state index contributed by atoms with van der Waals surface area (Å²) in [7, 11) is 0. The van der Waals surface area contributed by atoms with Crippen molar-refractivity contribution in [2.45, 2.75) is 12.6 Å². The van der Waals surface area contributed by atoms with E-state index in [9.17, 15) is 9.59 Å². The molecule has 1 atom stereocenters. The van der Waals surface area contributed by atoms with Crippen molar-refractivity contribution in [1.29, 1.82) is 0 Å². The number of nitrogens with zero attached hydrogens (tertiary/aromatic N) is 2. The molecule has 8 heteroatoms. The first-order valence-electron chi connectivity index (χ1n) is 8.68. The van der Waals surface area contributed by atoms with Gasteiger partial charge in [-0.1, -0.05) is 36.4 Å². The number of carbonyl (C=O) groups excluding carboxylic acids is 2. The first-order chi connectivity index (χ1) is 12.7. The fourth-order valence-corrected chi connectivity index (χ4v) is 3.01. The number of hydrogen-bond acceptors (Lipinski definition) is 5. The van der Waals surface area contributed by atoms with Gasteiger partial charge in [0.05, 0.1) is 6.54 Å². The molecule has 0 bridgehead atoms. The van der Waals surface area contributed by atoms with E-state index in [1.165, 1.54) is 0 Å². The molecule has 1 unspecified atom stereocenters. The molecule has 0 radical (unpaired) electrons. The zero-order chi connectivity index (χ0) is 18.2. The number of imide groups is 1. The van der Waals surface area contributed by atoms with Crippen LogP contribution < -0.4 is 16.0 Å². The predicted octanol–water partition coefficient (Wildman–Crippen LogP) is 1.48. The van der Waals surface area contributed by atoms with Crippen molar-refractivity contribution < 1.29 is 9.59 Å². The molecule has 1 aliphatic rings. The number of carbonyl (C=O) groups is 2. The quantitative estimate of drug-likeness (QED) is 0.721. The normalized spacial score (nSPS) is 16.8. The van der Waals surface area contributed by atoms with Gasteiger partial charge in [-0.3, -0.25) is 20.0 Å². The van der Waals surface area contributed by atoms with Crippen LogP contribution in [0.25, 0.3) is 0 Å². The highest BCUT2D eigenvalue weighted by Crippen LogP contribution is 2.20. The SMILES string of the molecule is Cl.O=C(CN1CCNCC1c1cccnc1)NC(=O)NCc1ccccc1. The van der Waals surface area contributed by atoms with Crippen LogP contribution in [0.15, 0.2) is 54.9 Å². The number of pyridine rings is 1. The van der Waals surface area contributed by atoms with E-state index in [0.717, 1.165) is 30.8 Å². The Hall–Kier alpha value is -2.48. The molecule has 144 valence electrons. The van der Waals surface area contributed by atoms with Gasteiger partial charge in [0.25, 0.3) is 0 Å². The van der Waals surface area contributed by atoms with Crippen LogP contribution in [0, 0.1) is 0 Å². The van der Waals surface area contributed by atoms with Crippen molar-refractivity contribution >= 4 is 24.3 Å². The van der Waals surface area contributed by atoms with Gasteiger partial charge in [0.1, 0.15) is 0 Å². The Morgan fingerprint density at radius 2 is 2.00 bits per heavy atom. The van der Waals surface area contributed by atoms with E-state index >= 15 is 0 Å². The largest absolute Gasteiger partial charge is 0.334 e. The van der Waals surface area contributed by atoms with Crippen LogP contribution in [0.5, 0.6) is 0 Å². The van der Waals surface area contributed by atoms with E-state index in [1.807, 2.05) is 48.7 Å². The van der Waals surface area contributed by atoms with Gasteiger partial charge >= 0.3 is 6.03 Å². The molecule has 1 fully saturated rings. The number of halogens is 1. The molecule has 7 nitrogen and oxygen atoms in total. The van der Waals surface area contributed by atoms with E-state index in [-0.39, 0.29) is 30.9 Å². The zero-order valence-corrected chi connectivity index (χ0v) is 15.7. The molecule has 0 saturated carbocycles. The molecule has 1 aliphatic heterocycles. The average molecular weight is 390 g/mol. The standard InChI is InChI=1S/C19H23N5O2.ClH/c25-18(23-19(26)22-11-15-5-2-1-3-6-15)14-24-10-9-21-13-17(24)16-7-4-8-20-12-16;/h1-8,12,17,21H,9-11,13-14H2,(H2,22,23,25,26);1H. The van der Waals surface area contributed by atoms with E-state index in [0.29, 0.717) is 6.54 Å². The maximum atomic E-state index is 12.3. The van der Waals surface area contributed by atoms with Gasteiger partial charge in [-0.15, -0.1) is 12.4 Å². The van der Waals surface area contributed by atoms with Crippen LogP contribution in [-0.2, 0) is 11.3 Å². The summed E-state index contributed by atoms with van der Waals surface area (Å²) in [5.74, 6) is -0.314. The fraction of sp³-hybridized carbons (Fsp3) is 0.316. The Morgan fingerprint density at radius 1 is 1.19 bits per heavy atom. The minimum absolute atomic E-state index is 0. The molecule has 3 N–H and O–H groups in total. The van der Waals surface area contributed by atoms with Gasteiger partial charge in [-0.05, 0) is 17.2 Å². The van der Waals surface area contributed by atoms with Crippen LogP contribution in [-0.4, -0.2) is 48.0 Å². The van der Waals surface area contributed by atoms with E-state index < -0.39 is 6.03 Å². The molecule has 2 aromatic rings.